The summed E-state index contributed by atoms with van der Waals surface area (Å²) in [5.41, 5.74) is 5.68. The Hall–Kier alpha value is -0.950. The highest BCUT2D eigenvalue weighted by atomic mass is 32.2. The highest BCUT2D eigenvalue weighted by Crippen LogP contribution is 2.35. The lowest BCUT2D eigenvalue weighted by Gasteiger charge is -2.31. The van der Waals surface area contributed by atoms with E-state index in [1.54, 1.807) is 0 Å². The van der Waals surface area contributed by atoms with Gasteiger partial charge in [0.2, 0.25) is 0 Å². The molecule has 2 N–H and O–H groups in total. The Morgan fingerprint density at radius 3 is 2.70 bits per heavy atom. The molecule has 6 nitrogen and oxygen atoms in total. The topological polar surface area (TPSA) is 92.8 Å². The van der Waals surface area contributed by atoms with Gasteiger partial charge in [0, 0.05) is 0 Å². The number of hydrogen-bond donors (Lipinski definition) is 1. The van der Waals surface area contributed by atoms with Crippen LogP contribution in [-0.4, -0.2) is 48.6 Å². The van der Waals surface area contributed by atoms with Crippen molar-refractivity contribution in [1.82, 2.24) is 5.01 Å². The van der Waals surface area contributed by atoms with Crippen LogP contribution < -0.4 is 5.73 Å². The molecule has 2 unspecified atom stereocenters. The van der Waals surface area contributed by atoms with Gasteiger partial charge < -0.3 is 5.73 Å². The summed E-state index contributed by atoms with van der Waals surface area (Å²) in [5, 5.41) is 5.88. The fraction of sp³-hybridized carbons (Fsp3) is 0.846. The molecule has 7 heteroatoms. The van der Waals surface area contributed by atoms with Crippen LogP contribution in [-0.2, 0) is 14.6 Å². The Labute approximate surface area is 120 Å². The maximum atomic E-state index is 12.6. The molecule has 0 spiro atoms. The maximum absolute atomic E-state index is 12.6. The van der Waals surface area contributed by atoms with Crippen LogP contribution in [0.4, 0.5) is 0 Å². The average molecular weight is 301 g/mol. The van der Waals surface area contributed by atoms with Crippen LogP contribution in [0.15, 0.2) is 5.10 Å². The second kappa shape index (κ2) is 5.44. The average Bonchev–Trinajstić information content (AvgIpc) is 2.85. The first-order valence-electron chi connectivity index (χ1n) is 7.15. The van der Waals surface area contributed by atoms with Gasteiger partial charge in [-0.05, 0) is 39.2 Å². The predicted octanol–water partition coefficient (Wildman–Crippen LogP) is 0.527. The van der Waals surface area contributed by atoms with Crippen molar-refractivity contribution in [2.75, 3.05) is 18.1 Å². The molecular weight excluding hydrogens is 278 g/mol. The number of amides is 1. The summed E-state index contributed by atoms with van der Waals surface area (Å²) in [4.78, 5) is 12.6. The molecule has 2 aliphatic rings. The van der Waals surface area contributed by atoms with Gasteiger partial charge in [-0.15, -0.1) is 0 Å². The summed E-state index contributed by atoms with van der Waals surface area (Å²) in [7, 11) is -3.06. The number of hydrazone groups is 1. The molecule has 1 amide bonds. The normalized spacial score (nSPS) is 32.8. The van der Waals surface area contributed by atoms with Crippen molar-refractivity contribution in [3.05, 3.63) is 0 Å². The number of sulfone groups is 1. The van der Waals surface area contributed by atoms with Crippen molar-refractivity contribution < 1.29 is 13.2 Å². The van der Waals surface area contributed by atoms with Crippen molar-refractivity contribution in [3.63, 3.8) is 0 Å². The summed E-state index contributed by atoms with van der Waals surface area (Å²) in [6, 6.07) is 0. The van der Waals surface area contributed by atoms with E-state index in [4.69, 9.17) is 5.73 Å². The van der Waals surface area contributed by atoms with Gasteiger partial charge in [0.25, 0.3) is 5.91 Å². The Bertz CT molecular complexity index is 529. The summed E-state index contributed by atoms with van der Waals surface area (Å²) < 4.78 is 23.4. The molecule has 114 valence electrons. The minimum atomic E-state index is -3.06. The van der Waals surface area contributed by atoms with E-state index in [0.717, 1.165) is 12.1 Å². The molecule has 0 radical (unpaired) electrons. The lowest BCUT2D eigenvalue weighted by Crippen LogP contribution is -2.47. The van der Waals surface area contributed by atoms with Crippen molar-refractivity contribution in [1.29, 1.82) is 0 Å². The molecule has 2 rings (SSSR count). The highest BCUT2D eigenvalue weighted by Gasteiger charge is 2.49. The van der Waals surface area contributed by atoms with E-state index in [1.165, 1.54) is 5.01 Å². The second-order valence-electron chi connectivity index (χ2n) is 5.92. The van der Waals surface area contributed by atoms with E-state index in [9.17, 15) is 13.2 Å². The molecule has 0 aromatic heterocycles. The van der Waals surface area contributed by atoms with Crippen molar-refractivity contribution in [3.8, 4) is 0 Å². The van der Waals surface area contributed by atoms with Gasteiger partial charge in [0.05, 0.1) is 28.7 Å². The minimum absolute atomic E-state index is 0.00977. The molecule has 2 atom stereocenters. The number of hydrogen-bond acceptors (Lipinski definition) is 5. The van der Waals surface area contributed by atoms with Crippen LogP contribution in [0.5, 0.6) is 0 Å². The lowest BCUT2D eigenvalue weighted by molar-refractivity contribution is -0.136. The van der Waals surface area contributed by atoms with Gasteiger partial charge >= 0.3 is 0 Å². The van der Waals surface area contributed by atoms with Crippen LogP contribution in [0.25, 0.3) is 0 Å². The highest BCUT2D eigenvalue weighted by molar-refractivity contribution is 7.91. The molecule has 20 heavy (non-hydrogen) atoms. The van der Waals surface area contributed by atoms with Gasteiger partial charge in [-0.1, -0.05) is 6.92 Å². The fourth-order valence-corrected chi connectivity index (χ4v) is 5.12. The minimum Gasteiger partial charge on any atom is -0.330 e. The molecule has 2 heterocycles. The molecular formula is C13H23N3O3S. The van der Waals surface area contributed by atoms with Crippen LogP contribution in [0, 0.1) is 5.92 Å². The number of carbonyl (C=O) groups is 1. The molecule has 1 fully saturated rings. The summed E-state index contributed by atoms with van der Waals surface area (Å²) in [6.45, 7) is 4.34. The van der Waals surface area contributed by atoms with Crippen LogP contribution in [0.3, 0.4) is 0 Å². The fourth-order valence-electron chi connectivity index (χ4n) is 3.01. The van der Waals surface area contributed by atoms with Gasteiger partial charge in [0.15, 0.2) is 9.84 Å². The lowest BCUT2D eigenvalue weighted by atomic mass is 9.94. The van der Waals surface area contributed by atoms with Crippen LogP contribution in [0.1, 0.15) is 39.5 Å². The number of rotatable bonds is 5. The first kappa shape index (κ1) is 15.4. The van der Waals surface area contributed by atoms with Gasteiger partial charge in [-0.2, -0.15) is 5.10 Å². The third-order valence-corrected chi connectivity index (χ3v) is 6.08. The van der Waals surface area contributed by atoms with Crippen LogP contribution in [0.2, 0.25) is 0 Å². The van der Waals surface area contributed by atoms with E-state index < -0.39 is 15.4 Å². The maximum Gasteiger partial charge on any atom is 0.252 e. The summed E-state index contributed by atoms with van der Waals surface area (Å²) >= 11 is 0. The zero-order chi connectivity index (χ0) is 15.0. The second-order valence-corrected chi connectivity index (χ2v) is 8.10. The van der Waals surface area contributed by atoms with Crippen molar-refractivity contribution >= 4 is 21.5 Å². The van der Waals surface area contributed by atoms with Gasteiger partial charge in [-0.25, -0.2) is 13.4 Å². The first-order chi connectivity index (χ1) is 9.33. The molecule has 0 saturated carbocycles. The van der Waals surface area contributed by atoms with Gasteiger partial charge in [-0.3, -0.25) is 4.79 Å². The number of nitrogens with zero attached hydrogens (tertiary/aromatic N) is 2. The standard InChI is InChI=1S/C13H23N3O3S/c1-3-11-10(5-4-7-14)12(17)16(15-11)13(2)6-8-20(18,19)9-13/h10H,3-9,14H2,1-2H3. The molecule has 0 bridgehead atoms. The van der Waals surface area contributed by atoms with Gasteiger partial charge in [0.1, 0.15) is 0 Å². The van der Waals surface area contributed by atoms with Crippen molar-refractivity contribution in [2.45, 2.75) is 45.1 Å². The molecule has 2 aliphatic heterocycles. The SMILES string of the molecule is CCC1=NN(C2(C)CCS(=O)(=O)C2)C(=O)C1CCCN. The predicted molar refractivity (Wildman–Crippen MR) is 78.0 cm³/mol. The van der Waals surface area contributed by atoms with E-state index in [2.05, 4.69) is 5.10 Å². The summed E-state index contributed by atoms with van der Waals surface area (Å²) in [5.74, 6) is -0.133. The third-order valence-electron chi connectivity index (χ3n) is 4.19. The molecule has 0 aromatic rings. The van der Waals surface area contributed by atoms with Crippen LogP contribution >= 0.6 is 0 Å². The number of carbonyl (C=O) groups excluding carboxylic acids is 1. The Balaban J connectivity index is 2.22. The van der Waals surface area contributed by atoms with Crippen molar-refractivity contribution in [2.24, 2.45) is 16.8 Å². The first-order valence-corrected chi connectivity index (χ1v) is 8.97. The molecule has 0 aromatic carbocycles. The Kier molecular flexibility index (Phi) is 4.20. The monoisotopic (exact) mass is 301 g/mol. The number of nitrogens with two attached hydrogens (primary N) is 1. The van der Waals surface area contributed by atoms with E-state index in [-0.39, 0.29) is 23.3 Å². The summed E-state index contributed by atoms with van der Waals surface area (Å²) in [6.07, 6.45) is 2.64. The van der Waals surface area contributed by atoms with E-state index in [1.807, 2.05) is 13.8 Å². The Morgan fingerprint density at radius 2 is 2.20 bits per heavy atom. The zero-order valence-corrected chi connectivity index (χ0v) is 12.9. The smallest absolute Gasteiger partial charge is 0.252 e. The Morgan fingerprint density at radius 1 is 1.50 bits per heavy atom. The van der Waals surface area contributed by atoms with E-state index in [0.29, 0.717) is 25.8 Å². The quantitative estimate of drug-likeness (QED) is 0.801. The molecule has 0 aliphatic carbocycles. The zero-order valence-electron chi connectivity index (χ0n) is 12.1. The third kappa shape index (κ3) is 2.74. The van der Waals surface area contributed by atoms with E-state index >= 15 is 0 Å². The largest absolute Gasteiger partial charge is 0.330 e. The molecule has 1 saturated heterocycles.